The molecule has 41 heavy (non-hydrogen) atoms. The first-order valence-electron chi connectivity index (χ1n) is 14.6. The number of aromatic nitrogens is 1. The molecule has 3 N–H and O–H groups in total. The van der Waals surface area contributed by atoms with Gasteiger partial charge in [-0.1, -0.05) is 83.1 Å². The van der Waals surface area contributed by atoms with Gasteiger partial charge in [0.1, 0.15) is 5.82 Å². The molecule has 0 aliphatic rings. The highest BCUT2D eigenvalue weighted by Gasteiger charge is 2.30. The van der Waals surface area contributed by atoms with E-state index in [1.165, 1.54) is 12.1 Å². The van der Waals surface area contributed by atoms with Gasteiger partial charge in [0.05, 0.1) is 23.5 Å². The van der Waals surface area contributed by atoms with Gasteiger partial charge in [-0.15, -0.1) is 0 Å². The van der Waals surface area contributed by atoms with Crippen molar-refractivity contribution < 1.29 is 19.4 Å². The summed E-state index contributed by atoms with van der Waals surface area (Å²) in [4.78, 5) is 14.0. The number of halogens is 1. The lowest BCUT2D eigenvalue weighted by Gasteiger charge is -2.20. The van der Waals surface area contributed by atoms with Crippen LogP contribution in [0, 0.1) is 5.82 Å². The summed E-state index contributed by atoms with van der Waals surface area (Å²) in [6.07, 6.45) is -0.0231. The second kappa shape index (κ2) is 15.3. The highest BCUT2D eigenvalue weighted by Crippen LogP contribution is 2.42. The number of carbonyl (C=O) groups excluding carboxylic acids is 1. The Hall–Kier alpha value is -3.74. The van der Waals surface area contributed by atoms with E-state index in [4.69, 9.17) is 0 Å². The Kier molecular flexibility index (Phi) is 11.9. The molecule has 0 saturated heterocycles. The Labute approximate surface area is 243 Å². The molecule has 5 nitrogen and oxygen atoms in total. The summed E-state index contributed by atoms with van der Waals surface area (Å²) in [5.74, 6) is -0.599. The third-order valence-electron chi connectivity index (χ3n) is 6.99. The first-order chi connectivity index (χ1) is 19.8. The number of nitrogens with one attached hydrogen (secondary N) is 1. The van der Waals surface area contributed by atoms with Gasteiger partial charge in [0.15, 0.2) is 0 Å². The standard InChI is InChI=1S/C33H37FN2O3.C2H6/c1-4-27(37)21-28(38)19-20-36-31(22(2)3)30(33(39)35-26-13-9-6-10-14-26)29(23-11-7-5-8-12-23)32(36)24-15-17-25(34)18-16-24;1-2/h5-18,22,27-28,37-38H,4,19-21H2,1-3H3,(H,35,39);1-2H3. The molecule has 6 heteroatoms. The Bertz CT molecular complexity index is 1370. The average molecular weight is 559 g/mol. The van der Waals surface area contributed by atoms with E-state index in [0.717, 1.165) is 28.1 Å². The molecule has 1 aromatic heterocycles. The Morgan fingerprint density at radius 3 is 2.00 bits per heavy atom. The van der Waals surface area contributed by atoms with Crippen molar-refractivity contribution in [3.63, 3.8) is 0 Å². The maximum atomic E-state index is 14.0. The van der Waals surface area contributed by atoms with Gasteiger partial charge in [-0.25, -0.2) is 4.39 Å². The van der Waals surface area contributed by atoms with Crippen molar-refractivity contribution in [2.24, 2.45) is 0 Å². The molecule has 1 amide bonds. The van der Waals surface area contributed by atoms with E-state index in [0.29, 0.717) is 30.6 Å². The van der Waals surface area contributed by atoms with Gasteiger partial charge < -0.3 is 20.1 Å². The molecular formula is C35H43FN2O3. The molecule has 0 aliphatic heterocycles. The van der Waals surface area contributed by atoms with Crippen molar-refractivity contribution >= 4 is 11.6 Å². The maximum absolute atomic E-state index is 14.0. The van der Waals surface area contributed by atoms with E-state index < -0.39 is 12.2 Å². The minimum absolute atomic E-state index is 0.0310. The monoisotopic (exact) mass is 558 g/mol. The first-order valence-corrected chi connectivity index (χ1v) is 14.6. The number of aliphatic hydroxyl groups is 2. The molecule has 0 radical (unpaired) electrons. The molecule has 0 fully saturated rings. The van der Waals surface area contributed by atoms with Gasteiger partial charge in [-0.2, -0.15) is 0 Å². The fourth-order valence-corrected chi connectivity index (χ4v) is 5.08. The molecule has 0 aliphatic carbocycles. The second-order valence-corrected chi connectivity index (χ2v) is 10.2. The smallest absolute Gasteiger partial charge is 0.258 e. The summed E-state index contributed by atoms with van der Waals surface area (Å²) in [5, 5.41) is 23.9. The number of nitrogens with zero attached hydrogens (tertiary/aromatic N) is 1. The van der Waals surface area contributed by atoms with Crippen LogP contribution >= 0.6 is 0 Å². The number of aliphatic hydroxyl groups excluding tert-OH is 2. The number of anilines is 1. The van der Waals surface area contributed by atoms with Crippen molar-refractivity contribution in [2.45, 2.75) is 78.6 Å². The Balaban J connectivity index is 0.00000226. The number of amides is 1. The average Bonchev–Trinajstić information content (AvgIpc) is 3.34. The molecule has 2 unspecified atom stereocenters. The van der Waals surface area contributed by atoms with Crippen molar-refractivity contribution in [1.82, 2.24) is 4.57 Å². The molecule has 1 heterocycles. The molecule has 4 rings (SSSR count). The highest BCUT2D eigenvalue weighted by molar-refractivity contribution is 6.12. The fraction of sp³-hybridized carbons (Fsp3) is 0.343. The van der Waals surface area contributed by atoms with Crippen LogP contribution in [0.15, 0.2) is 84.9 Å². The first kappa shape index (κ1) is 31.8. The van der Waals surface area contributed by atoms with Gasteiger partial charge in [-0.05, 0) is 72.7 Å². The second-order valence-electron chi connectivity index (χ2n) is 10.2. The minimum Gasteiger partial charge on any atom is -0.393 e. The van der Waals surface area contributed by atoms with Crippen LogP contribution in [-0.4, -0.2) is 32.9 Å². The summed E-state index contributed by atoms with van der Waals surface area (Å²) in [6.45, 7) is 10.4. The van der Waals surface area contributed by atoms with Crippen LogP contribution in [0.2, 0.25) is 0 Å². The van der Waals surface area contributed by atoms with Crippen LogP contribution < -0.4 is 5.32 Å². The molecule has 3 aromatic carbocycles. The Morgan fingerprint density at radius 2 is 1.44 bits per heavy atom. The topological polar surface area (TPSA) is 74.5 Å². The van der Waals surface area contributed by atoms with Crippen LogP contribution in [-0.2, 0) is 6.54 Å². The van der Waals surface area contributed by atoms with E-state index in [2.05, 4.69) is 9.88 Å². The lowest BCUT2D eigenvalue weighted by molar-refractivity contribution is 0.0711. The van der Waals surface area contributed by atoms with Gasteiger partial charge in [0.2, 0.25) is 0 Å². The summed E-state index contributed by atoms with van der Waals surface area (Å²) in [6, 6.07) is 25.4. The van der Waals surface area contributed by atoms with Crippen molar-refractivity contribution in [3.05, 3.63) is 102 Å². The van der Waals surface area contributed by atoms with Gasteiger partial charge in [0, 0.05) is 23.5 Å². The zero-order valence-corrected chi connectivity index (χ0v) is 24.8. The maximum Gasteiger partial charge on any atom is 0.258 e. The number of benzene rings is 3. The third-order valence-corrected chi connectivity index (χ3v) is 6.99. The molecular weight excluding hydrogens is 515 g/mol. The zero-order valence-electron chi connectivity index (χ0n) is 24.8. The molecule has 0 spiro atoms. The van der Waals surface area contributed by atoms with Crippen LogP contribution in [0.25, 0.3) is 22.4 Å². The predicted octanol–water partition coefficient (Wildman–Crippen LogP) is 8.28. The van der Waals surface area contributed by atoms with Crippen LogP contribution in [0.1, 0.15) is 75.9 Å². The highest BCUT2D eigenvalue weighted by atomic mass is 19.1. The van der Waals surface area contributed by atoms with Crippen LogP contribution in [0.4, 0.5) is 10.1 Å². The number of rotatable bonds is 11. The molecule has 0 saturated carbocycles. The SMILES string of the molecule is CC.CCC(O)CC(O)CCn1c(-c2ccc(F)cc2)c(-c2ccccc2)c(C(=O)Nc2ccccc2)c1C(C)C. The molecule has 4 aromatic rings. The summed E-state index contributed by atoms with van der Waals surface area (Å²) in [7, 11) is 0. The number of carbonyl (C=O) groups is 1. The summed E-state index contributed by atoms with van der Waals surface area (Å²) in [5.41, 5.74) is 5.30. The number of para-hydroxylation sites is 1. The van der Waals surface area contributed by atoms with Gasteiger partial charge >= 0.3 is 0 Å². The van der Waals surface area contributed by atoms with Crippen LogP contribution in [0.5, 0.6) is 0 Å². The van der Waals surface area contributed by atoms with E-state index in [1.54, 1.807) is 12.1 Å². The Morgan fingerprint density at radius 1 is 0.854 bits per heavy atom. The van der Waals surface area contributed by atoms with E-state index in [-0.39, 0.29) is 24.1 Å². The lowest BCUT2D eigenvalue weighted by atomic mass is 9.94. The number of hydrogen-bond acceptors (Lipinski definition) is 3. The van der Waals surface area contributed by atoms with Gasteiger partial charge in [-0.3, -0.25) is 4.79 Å². The van der Waals surface area contributed by atoms with Crippen molar-refractivity contribution in [1.29, 1.82) is 0 Å². The normalized spacial score (nSPS) is 12.4. The van der Waals surface area contributed by atoms with Crippen LogP contribution in [0.3, 0.4) is 0 Å². The summed E-state index contributed by atoms with van der Waals surface area (Å²) < 4.78 is 16.1. The van der Waals surface area contributed by atoms with E-state index in [1.807, 2.05) is 95.3 Å². The fourth-order valence-electron chi connectivity index (χ4n) is 5.08. The molecule has 2 atom stereocenters. The largest absolute Gasteiger partial charge is 0.393 e. The van der Waals surface area contributed by atoms with Crippen molar-refractivity contribution in [2.75, 3.05) is 5.32 Å². The number of hydrogen-bond donors (Lipinski definition) is 3. The van der Waals surface area contributed by atoms with Crippen molar-refractivity contribution in [3.8, 4) is 22.4 Å². The summed E-state index contributed by atoms with van der Waals surface area (Å²) >= 11 is 0. The lowest BCUT2D eigenvalue weighted by Crippen LogP contribution is -2.20. The quantitative estimate of drug-likeness (QED) is 0.173. The predicted molar refractivity (Wildman–Crippen MR) is 167 cm³/mol. The van der Waals surface area contributed by atoms with E-state index in [9.17, 15) is 19.4 Å². The zero-order chi connectivity index (χ0) is 29.9. The van der Waals surface area contributed by atoms with E-state index >= 15 is 0 Å². The minimum atomic E-state index is -0.704. The molecule has 218 valence electrons. The third kappa shape index (κ3) is 7.93. The van der Waals surface area contributed by atoms with Gasteiger partial charge in [0.25, 0.3) is 5.91 Å². The molecule has 0 bridgehead atoms.